The van der Waals surface area contributed by atoms with Crippen molar-refractivity contribution in [3.8, 4) is 0 Å². The van der Waals surface area contributed by atoms with Gasteiger partial charge in [-0.25, -0.2) is 4.79 Å². The van der Waals surface area contributed by atoms with Crippen molar-refractivity contribution >= 4 is 23.2 Å². The quantitative estimate of drug-likeness (QED) is 0.177. The minimum absolute atomic E-state index is 0.0247. The fourth-order valence-electron chi connectivity index (χ4n) is 5.57. The van der Waals surface area contributed by atoms with Crippen molar-refractivity contribution in [1.29, 1.82) is 0 Å². The van der Waals surface area contributed by atoms with E-state index in [9.17, 15) is 20.0 Å². The monoisotopic (exact) mass is 602 g/mol. The van der Waals surface area contributed by atoms with E-state index < -0.39 is 12.4 Å². The van der Waals surface area contributed by atoms with E-state index >= 15 is 0 Å². The summed E-state index contributed by atoms with van der Waals surface area (Å²) in [5.74, 6) is 0.0412. The molecule has 2 N–H and O–H groups in total. The molecule has 232 valence electrons. The van der Waals surface area contributed by atoms with Crippen molar-refractivity contribution in [3.05, 3.63) is 112 Å². The Morgan fingerprint density at radius 3 is 2.30 bits per heavy atom. The maximum absolute atomic E-state index is 11.9. The molecule has 2 fully saturated rings. The number of hydrogen-bond acceptors (Lipinski definition) is 9. The number of ether oxygens (including phenoxy) is 3. The Morgan fingerprint density at radius 1 is 1.02 bits per heavy atom. The third-order valence-electron chi connectivity index (χ3n) is 8.12. The van der Waals surface area contributed by atoms with Gasteiger partial charge in [0.1, 0.15) is 6.61 Å². The van der Waals surface area contributed by atoms with Gasteiger partial charge in [0.15, 0.2) is 6.29 Å². The second kappa shape index (κ2) is 14.5. The number of benzene rings is 3. The molecule has 0 radical (unpaired) electrons. The van der Waals surface area contributed by atoms with Crippen LogP contribution < -0.4 is 10.2 Å². The van der Waals surface area contributed by atoms with E-state index in [0.717, 1.165) is 55.1 Å². The number of piperazine rings is 1. The fourth-order valence-corrected chi connectivity index (χ4v) is 5.57. The SMILES string of the molecule is C=CCOC(=O)Nc1ccc([C@H]2O[C@@H](CN3CCN(c4ccc([N+](=O)[O-])cc4)CC3)[C@@H](C)[C@@H](c3ccc(CO)cc3)O2)cc1. The highest BCUT2D eigenvalue weighted by Gasteiger charge is 2.39. The second-order valence-corrected chi connectivity index (χ2v) is 11.0. The van der Waals surface area contributed by atoms with Gasteiger partial charge in [-0.1, -0.05) is 56.0 Å². The number of carbonyl (C=O) groups excluding carboxylic acids is 1. The highest BCUT2D eigenvalue weighted by molar-refractivity contribution is 5.84. The summed E-state index contributed by atoms with van der Waals surface area (Å²) in [6, 6.07) is 21.8. The van der Waals surface area contributed by atoms with Gasteiger partial charge in [-0.3, -0.25) is 20.3 Å². The van der Waals surface area contributed by atoms with Crippen molar-refractivity contribution in [3.63, 3.8) is 0 Å². The summed E-state index contributed by atoms with van der Waals surface area (Å²) >= 11 is 0. The average molecular weight is 603 g/mol. The number of nitro benzene ring substituents is 1. The van der Waals surface area contributed by atoms with Gasteiger partial charge in [-0.05, 0) is 35.4 Å². The lowest BCUT2D eigenvalue weighted by atomic mass is 9.90. The summed E-state index contributed by atoms with van der Waals surface area (Å²) in [4.78, 5) is 27.2. The lowest BCUT2D eigenvalue weighted by molar-refractivity contribution is -0.384. The number of nitro groups is 1. The number of amides is 1. The van der Waals surface area contributed by atoms with E-state index in [1.165, 1.54) is 6.08 Å². The number of hydrogen-bond donors (Lipinski definition) is 2. The largest absolute Gasteiger partial charge is 0.445 e. The van der Waals surface area contributed by atoms with E-state index in [4.69, 9.17) is 14.2 Å². The molecule has 11 nitrogen and oxygen atoms in total. The summed E-state index contributed by atoms with van der Waals surface area (Å²) in [6.45, 7) is 9.75. The summed E-state index contributed by atoms with van der Waals surface area (Å²) in [5.41, 5.74) is 4.33. The summed E-state index contributed by atoms with van der Waals surface area (Å²) in [5, 5.41) is 23.2. The zero-order chi connectivity index (χ0) is 31.1. The predicted octanol–water partition coefficient (Wildman–Crippen LogP) is 5.44. The molecule has 5 rings (SSSR count). The smallest absolute Gasteiger partial charge is 0.411 e. The van der Waals surface area contributed by atoms with Gasteiger partial charge in [-0.2, -0.15) is 0 Å². The van der Waals surface area contributed by atoms with Crippen LogP contribution in [0.2, 0.25) is 0 Å². The minimum atomic E-state index is -0.623. The third-order valence-corrected chi connectivity index (χ3v) is 8.12. The Balaban J connectivity index is 1.28. The number of aliphatic hydroxyl groups is 1. The summed E-state index contributed by atoms with van der Waals surface area (Å²) in [7, 11) is 0. The summed E-state index contributed by atoms with van der Waals surface area (Å²) < 4.78 is 18.2. The van der Waals surface area contributed by atoms with Crippen LogP contribution in [-0.2, 0) is 20.8 Å². The lowest BCUT2D eigenvalue weighted by Gasteiger charge is -2.44. The maximum atomic E-state index is 11.9. The molecular formula is C33H38N4O7. The van der Waals surface area contributed by atoms with Crippen LogP contribution in [0.3, 0.4) is 0 Å². The zero-order valence-electron chi connectivity index (χ0n) is 24.7. The van der Waals surface area contributed by atoms with Crippen molar-refractivity contribution in [1.82, 2.24) is 4.90 Å². The highest BCUT2D eigenvalue weighted by atomic mass is 16.7. The van der Waals surface area contributed by atoms with Crippen LogP contribution in [-0.4, -0.2) is 66.5 Å². The molecule has 3 aromatic carbocycles. The second-order valence-electron chi connectivity index (χ2n) is 11.0. The molecule has 2 heterocycles. The molecule has 0 saturated carbocycles. The Kier molecular flexibility index (Phi) is 10.2. The lowest BCUT2D eigenvalue weighted by Crippen LogP contribution is -2.51. The molecule has 2 aliphatic heterocycles. The number of nitrogens with zero attached hydrogens (tertiary/aromatic N) is 3. The number of non-ortho nitro benzene ring substituents is 1. The van der Waals surface area contributed by atoms with Gasteiger partial charge < -0.3 is 24.2 Å². The molecule has 0 aliphatic carbocycles. The standard InChI is InChI=1S/C33H38N4O7/c1-3-20-42-33(39)34-27-10-8-26(9-11-27)32-43-30(23(2)31(44-32)25-6-4-24(22-38)5-7-25)21-35-16-18-36(19-17-35)28-12-14-29(15-13-28)37(40)41/h3-15,23,30-32,38H,1,16-22H2,2H3,(H,34,39)/t23-,30+,31+,32+/m1/s1. The van der Waals surface area contributed by atoms with Gasteiger partial charge in [-0.15, -0.1) is 0 Å². The Morgan fingerprint density at radius 2 is 1.68 bits per heavy atom. The van der Waals surface area contributed by atoms with Crippen molar-refractivity contribution < 1.29 is 29.0 Å². The number of anilines is 2. The molecule has 2 aliphatic rings. The van der Waals surface area contributed by atoms with Crippen LogP contribution in [0.1, 0.15) is 36.0 Å². The fraction of sp³-hybridized carbons (Fsp3) is 0.364. The molecule has 0 unspecified atom stereocenters. The normalized spacial score (nSPS) is 22.3. The van der Waals surface area contributed by atoms with Gasteiger partial charge in [0.25, 0.3) is 5.69 Å². The van der Waals surface area contributed by atoms with E-state index in [-0.39, 0.29) is 42.0 Å². The van der Waals surface area contributed by atoms with E-state index in [1.807, 2.05) is 36.4 Å². The topological polar surface area (TPSA) is 127 Å². The summed E-state index contributed by atoms with van der Waals surface area (Å²) in [6.07, 6.45) is -0.0445. The first-order chi connectivity index (χ1) is 21.3. The number of carbonyl (C=O) groups is 1. The third kappa shape index (κ3) is 7.61. The van der Waals surface area contributed by atoms with Crippen molar-refractivity contribution in [2.75, 3.05) is 49.5 Å². The Bertz CT molecular complexity index is 1410. The number of nitrogens with one attached hydrogen (secondary N) is 1. The molecule has 2 saturated heterocycles. The highest BCUT2D eigenvalue weighted by Crippen LogP contribution is 2.42. The first-order valence-corrected chi connectivity index (χ1v) is 14.7. The first kappa shape index (κ1) is 31.1. The van der Waals surface area contributed by atoms with Crippen LogP contribution >= 0.6 is 0 Å². The maximum Gasteiger partial charge on any atom is 0.411 e. The minimum Gasteiger partial charge on any atom is -0.445 e. The number of aliphatic hydroxyl groups excluding tert-OH is 1. The molecule has 4 atom stereocenters. The average Bonchev–Trinajstić information content (AvgIpc) is 3.05. The van der Waals surface area contributed by atoms with Gasteiger partial charge in [0, 0.05) is 67.7 Å². The predicted molar refractivity (Wildman–Crippen MR) is 166 cm³/mol. The molecule has 1 amide bonds. The molecule has 11 heteroatoms. The van der Waals surface area contributed by atoms with Crippen LogP contribution in [0, 0.1) is 16.0 Å². The molecule has 44 heavy (non-hydrogen) atoms. The van der Waals surface area contributed by atoms with Crippen LogP contribution in [0.25, 0.3) is 0 Å². The number of rotatable bonds is 10. The molecule has 0 spiro atoms. The molecule has 3 aromatic rings. The van der Waals surface area contributed by atoms with E-state index in [2.05, 4.69) is 28.6 Å². The molecule has 0 bridgehead atoms. The van der Waals surface area contributed by atoms with Crippen molar-refractivity contribution in [2.24, 2.45) is 5.92 Å². The van der Waals surface area contributed by atoms with Gasteiger partial charge in [0.05, 0.1) is 23.7 Å². The zero-order valence-corrected chi connectivity index (χ0v) is 24.7. The molecule has 0 aromatic heterocycles. The van der Waals surface area contributed by atoms with Gasteiger partial charge >= 0.3 is 6.09 Å². The van der Waals surface area contributed by atoms with Crippen LogP contribution in [0.4, 0.5) is 21.9 Å². The van der Waals surface area contributed by atoms with Crippen molar-refractivity contribution in [2.45, 2.75) is 32.0 Å². The van der Waals surface area contributed by atoms with Crippen LogP contribution in [0.15, 0.2) is 85.5 Å². The Labute approximate surface area is 256 Å². The molecular weight excluding hydrogens is 564 g/mol. The van der Waals surface area contributed by atoms with E-state index in [0.29, 0.717) is 5.69 Å². The van der Waals surface area contributed by atoms with Gasteiger partial charge in [0.2, 0.25) is 0 Å². The Hall–Kier alpha value is -4.29. The first-order valence-electron chi connectivity index (χ1n) is 14.7. The van der Waals surface area contributed by atoms with Crippen LogP contribution in [0.5, 0.6) is 0 Å². The van der Waals surface area contributed by atoms with E-state index in [1.54, 1.807) is 36.4 Å².